The van der Waals surface area contributed by atoms with E-state index in [0.717, 1.165) is 36.6 Å². The molecule has 0 aliphatic carbocycles. The Morgan fingerprint density at radius 3 is 2.68 bits per heavy atom. The Balaban J connectivity index is 1.59. The molecule has 2 heterocycles. The van der Waals surface area contributed by atoms with Crippen molar-refractivity contribution in [2.75, 3.05) is 22.9 Å². The van der Waals surface area contributed by atoms with E-state index in [9.17, 15) is 4.79 Å². The van der Waals surface area contributed by atoms with E-state index in [2.05, 4.69) is 34.1 Å². The predicted molar refractivity (Wildman–Crippen MR) is 114 cm³/mol. The number of rotatable bonds is 4. The van der Waals surface area contributed by atoms with Crippen LogP contribution in [0.3, 0.4) is 0 Å². The lowest BCUT2D eigenvalue weighted by molar-refractivity contribution is 0.0988. The third-order valence-electron chi connectivity index (χ3n) is 5.32. The maximum atomic E-state index is 13.2. The Bertz CT molecular complexity index is 998. The molecule has 142 valence electrons. The van der Waals surface area contributed by atoms with Gasteiger partial charge in [-0.05, 0) is 61.2 Å². The van der Waals surface area contributed by atoms with Gasteiger partial charge in [-0.25, -0.2) is 4.98 Å². The summed E-state index contributed by atoms with van der Waals surface area (Å²) in [5.41, 5.74) is 5.49. The number of nitrogens with zero attached hydrogens (tertiary/aromatic N) is 3. The average Bonchev–Trinajstić information content (AvgIpc) is 2.74. The second-order valence-electron chi connectivity index (χ2n) is 7.23. The topological polar surface area (TPSA) is 36.4 Å². The van der Waals surface area contributed by atoms with E-state index in [1.54, 1.807) is 6.20 Å². The molecule has 0 saturated carbocycles. The minimum absolute atomic E-state index is 0.00848. The molecule has 2 aromatic carbocycles. The van der Waals surface area contributed by atoms with Crippen molar-refractivity contribution < 1.29 is 4.79 Å². The number of fused-ring (bicyclic) bond motifs is 1. The van der Waals surface area contributed by atoms with Crippen LogP contribution < -0.4 is 9.80 Å². The monoisotopic (exact) mass is 371 g/mol. The van der Waals surface area contributed by atoms with Crippen LogP contribution in [0, 0.1) is 6.92 Å². The number of hydrogen-bond donors (Lipinski definition) is 0. The standard InChI is InChI=1S/C24H25N3O/c1-3-27(22-10-6-7-18(2)15-22)24(28)20-11-13-25-23(16-20)26-14-12-19-8-4-5-9-21(19)17-26/h4-11,13,15-16H,3,12,14,17H2,1-2H3. The normalized spacial score (nSPS) is 13.1. The highest BCUT2D eigenvalue weighted by atomic mass is 16.2. The van der Waals surface area contributed by atoms with Crippen LogP contribution in [0.2, 0.25) is 0 Å². The number of aryl methyl sites for hydroxylation is 1. The van der Waals surface area contributed by atoms with Gasteiger partial charge in [-0.15, -0.1) is 0 Å². The fourth-order valence-electron chi connectivity index (χ4n) is 3.81. The molecule has 1 aliphatic heterocycles. The summed E-state index contributed by atoms with van der Waals surface area (Å²) in [5.74, 6) is 0.870. The maximum absolute atomic E-state index is 13.2. The first kappa shape index (κ1) is 18.2. The summed E-state index contributed by atoms with van der Waals surface area (Å²) < 4.78 is 0. The van der Waals surface area contributed by atoms with E-state index in [1.165, 1.54) is 11.1 Å². The SMILES string of the molecule is CCN(C(=O)c1ccnc(N2CCc3ccccc3C2)c1)c1cccc(C)c1. The highest BCUT2D eigenvalue weighted by Gasteiger charge is 2.20. The van der Waals surface area contributed by atoms with E-state index < -0.39 is 0 Å². The van der Waals surface area contributed by atoms with Crippen molar-refractivity contribution in [3.8, 4) is 0 Å². The molecule has 4 heteroatoms. The van der Waals surface area contributed by atoms with Crippen molar-refractivity contribution >= 4 is 17.4 Å². The van der Waals surface area contributed by atoms with Gasteiger partial charge in [0.25, 0.3) is 5.91 Å². The van der Waals surface area contributed by atoms with Crippen molar-refractivity contribution in [3.05, 3.63) is 89.1 Å². The van der Waals surface area contributed by atoms with Gasteiger partial charge in [-0.1, -0.05) is 36.4 Å². The van der Waals surface area contributed by atoms with Gasteiger partial charge in [0.2, 0.25) is 0 Å². The van der Waals surface area contributed by atoms with E-state index in [1.807, 2.05) is 55.1 Å². The van der Waals surface area contributed by atoms with E-state index in [4.69, 9.17) is 0 Å². The number of amides is 1. The van der Waals surface area contributed by atoms with Crippen molar-refractivity contribution in [2.45, 2.75) is 26.8 Å². The van der Waals surface area contributed by atoms with Crippen molar-refractivity contribution in [2.24, 2.45) is 0 Å². The van der Waals surface area contributed by atoms with Crippen LogP contribution in [0.5, 0.6) is 0 Å². The smallest absolute Gasteiger partial charge is 0.258 e. The predicted octanol–water partition coefficient (Wildman–Crippen LogP) is 4.62. The molecule has 0 radical (unpaired) electrons. The van der Waals surface area contributed by atoms with Gasteiger partial charge in [0, 0.05) is 37.1 Å². The van der Waals surface area contributed by atoms with Crippen LogP contribution in [0.4, 0.5) is 11.5 Å². The lowest BCUT2D eigenvalue weighted by atomic mass is 10.00. The van der Waals surface area contributed by atoms with E-state index in [0.29, 0.717) is 12.1 Å². The Morgan fingerprint density at radius 2 is 1.89 bits per heavy atom. The molecule has 0 saturated heterocycles. The van der Waals surface area contributed by atoms with Crippen molar-refractivity contribution in [3.63, 3.8) is 0 Å². The molecule has 4 nitrogen and oxygen atoms in total. The molecule has 28 heavy (non-hydrogen) atoms. The minimum atomic E-state index is 0.00848. The zero-order valence-corrected chi connectivity index (χ0v) is 16.4. The molecular formula is C24H25N3O. The van der Waals surface area contributed by atoms with Crippen LogP contribution in [0.1, 0.15) is 34.0 Å². The number of aromatic nitrogens is 1. The molecular weight excluding hydrogens is 346 g/mol. The second kappa shape index (κ2) is 7.85. The maximum Gasteiger partial charge on any atom is 0.258 e. The Kier molecular flexibility index (Phi) is 5.11. The Hall–Kier alpha value is -3.14. The van der Waals surface area contributed by atoms with Gasteiger partial charge in [-0.3, -0.25) is 4.79 Å². The fraction of sp³-hybridized carbons (Fsp3) is 0.250. The zero-order valence-electron chi connectivity index (χ0n) is 16.4. The lowest BCUT2D eigenvalue weighted by Gasteiger charge is -2.30. The fourth-order valence-corrected chi connectivity index (χ4v) is 3.81. The quantitative estimate of drug-likeness (QED) is 0.671. The summed E-state index contributed by atoms with van der Waals surface area (Å²) in [5, 5.41) is 0. The first-order valence-electron chi connectivity index (χ1n) is 9.82. The van der Waals surface area contributed by atoms with Gasteiger partial charge in [0.05, 0.1) is 0 Å². The van der Waals surface area contributed by atoms with Gasteiger partial charge < -0.3 is 9.80 Å². The largest absolute Gasteiger partial charge is 0.352 e. The summed E-state index contributed by atoms with van der Waals surface area (Å²) in [4.78, 5) is 21.8. The highest BCUT2D eigenvalue weighted by molar-refractivity contribution is 6.06. The van der Waals surface area contributed by atoms with Gasteiger partial charge in [0.1, 0.15) is 5.82 Å². The summed E-state index contributed by atoms with van der Waals surface area (Å²) in [7, 11) is 0. The summed E-state index contributed by atoms with van der Waals surface area (Å²) in [6.45, 7) is 6.41. The minimum Gasteiger partial charge on any atom is -0.352 e. The molecule has 0 spiro atoms. The van der Waals surface area contributed by atoms with E-state index in [-0.39, 0.29) is 5.91 Å². The molecule has 0 bridgehead atoms. The van der Waals surface area contributed by atoms with Crippen molar-refractivity contribution in [1.29, 1.82) is 0 Å². The molecule has 1 aliphatic rings. The highest BCUT2D eigenvalue weighted by Crippen LogP contribution is 2.25. The number of carbonyl (C=O) groups is 1. The summed E-state index contributed by atoms with van der Waals surface area (Å²) >= 11 is 0. The van der Waals surface area contributed by atoms with E-state index >= 15 is 0 Å². The molecule has 0 atom stereocenters. The Labute approximate surface area is 166 Å². The van der Waals surface area contributed by atoms with Gasteiger partial charge >= 0.3 is 0 Å². The van der Waals surface area contributed by atoms with Crippen LogP contribution >= 0.6 is 0 Å². The second-order valence-corrected chi connectivity index (χ2v) is 7.23. The molecule has 4 rings (SSSR count). The Morgan fingerprint density at radius 1 is 1.07 bits per heavy atom. The molecule has 1 amide bonds. The summed E-state index contributed by atoms with van der Waals surface area (Å²) in [6, 6.07) is 20.3. The van der Waals surface area contributed by atoms with Crippen LogP contribution in [-0.4, -0.2) is 24.0 Å². The lowest BCUT2D eigenvalue weighted by Crippen LogP contribution is -2.32. The van der Waals surface area contributed by atoms with Gasteiger partial charge in [-0.2, -0.15) is 0 Å². The average molecular weight is 371 g/mol. The molecule has 3 aromatic rings. The first-order chi connectivity index (χ1) is 13.7. The zero-order chi connectivity index (χ0) is 19.5. The number of carbonyl (C=O) groups excluding carboxylic acids is 1. The van der Waals surface area contributed by atoms with Crippen LogP contribution in [0.15, 0.2) is 66.9 Å². The molecule has 0 fully saturated rings. The third kappa shape index (κ3) is 3.63. The first-order valence-corrected chi connectivity index (χ1v) is 9.82. The molecule has 1 aromatic heterocycles. The number of pyridine rings is 1. The van der Waals surface area contributed by atoms with Gasteiger partial charge in [0.15, 0.2) is 0 Å². The third-order valence-corrected chi connectivity index (χ3v) is 5.32. The number of benzene rings is 2. The van der Waals surface area contributed by atoms with Crippen LogP contribution in [0.25, 0.3) is 0 Å². The molecule has 0 N–H and O–H groups in total. The summed E-state index contributed by atoms with van der Waals surface area (Å²) in [6.07, 6.45) is 2.74. The molecule has 0 unspecified atom stereocenters. The van der Waals surface area contributed by atoms with Crippen LogP contribution in [-0.2, 0) is 13.0 Å². The number of anilines is 2. The number of hydrogen-bond acceptors (Lipinski definition) is 3. The van der Waals surface area contributed by atoms with Crippen molar-refractivity contribution in [1.82, 2.24) is 4.98 Å².